The topological polar surface area (TPSA) is 32.3 Å². The number of anilines is 2. The van der Waals surface area contributed by atoms with Crippen molar-refractivity contribution in [3.63, 3.8) is 0 Å². The molecule has 0 aromatic heterocycles. The zero-order valence-corrected chi connectivity index (χ0v) is 15.2. The van der Waals surface area contributed by atoms with E-state index < -0.39 is 0 Å². The lowest BCUT2D eigenvalue weighted by molar-refractivity contribution is -0.117. The summed E-state index contributed by atoms with van der Waals surface area (Å²) in [6.07, 6.45) is 2.47. The number of rotatable bonds is 3. The molecule has 0 radical (unpaired) electrons. The molecule has 2 aromatic rings. The number of nitrogens with zero attached hydrogens (tertiary/aromatic N) is 1. The van der Waals surface area contributed by atoms with Gasteiger partial charge < -0.3 is 10.2 Å². The van der Waals surface area contributed by atoms with Crippen molar-refractivity contribution in [1.82, 2.24) is 0 Å². The lowest BCUT2D eigenvalue weighted by atomic mass is 9.80. The molecule has 2 aliphatic rings. The first kappa shape index (κ1) is 16.2. The molecule has 1 fully saturated rings. The Labute approximate surface area is 150 Å². The number of carbonyl (C=O) groups is 1. The van der Waals surface area contributed by atoms with Crippen LogP contribution in [0.1, 0.15) is 43.9 Å². The number of amides is 1. The van der Waals surface area contributed by atoms with Gasteiger partial charge in [0.25, 0.3) is 0 Å². The van der Waals surface area contributed by atoms with Crippen LogP contribution in [0, 0.1) is 18.8 Å². The molecule has 2 aromatic carbocycles. The Morgan fingerprint density at radius 3 is 2.44 bits per heavy atom. The van der Waals surface area contributed by atoms with Crippen LogP contribution < -0.4 is 10.2 Å². The molecule has 25 heavy (non-hydrogen) atoms. The quantitative estimate of drug-likeness (QED) is 0.863. The van der Waals surface area contributed by atoms with Gasteiger partial charge in [0.2, 0.25) is 5.91 Å². The second-order valence-electron chi connectivity index (χ2n) is 7.57. The molecule has 1 heterocycles. The first-order chi connectivity index (χ1) is 12.1. The summed E-state index contributed by atoms with van der Waals surface area (Å²) < 4.78 is 0. The van der Waals surface area contributed by atoms with Crippen LogP contribution in [0.3, 0.4) is 0 Å². The first-order valence-electron chi connectivity index (χ1n) is 9.29. The third-order valence-corrected chi connectivity index (χ3v) is 5.79. The van der Waals surface area contributed by atoms with Crippen molar-refractivity contribution in [3.8, 4) is 0 Å². The zero-order chi connectivity index (χ0) is 17.6. The average molecular weight is 334 g/mol. The van der Waals surface area contributed by atoms with Crippen LogP contribution in [0.25, 0.3) is 0 Å². The standard InChI is InChI=1S/C22H26N2O/c1-14-8-4-6-10-19(14)23-21-15(2)22(17-12-13-17)24(16(3)25)20-11-7-5-9-18(20)21/h4-11,15,17,21-23H,12-13H2,1-3H3/t15-,21?,22-/m1/s1. The fourth-order valence-corrected chi connectivity index (χ4v) is 4.42. The van der Waals surface area contributed by atoms with Crippen molar-refractivity contribution < 1.29 is 4.79 Å². The number of fused-ring (bicyclic) bond motifs is 1. The van der Waals surface area contributed by atoms with E-state index in [-0.39, 0.29) is 18.0 Å². The van der Waals surface area contributed by atoms with Gasteiger partial charge >= 0.3 is 0 Å². The van der Waals surface area contributed by atoms with Crippen molar-refractivity contribution in [2.24, 2.45) is 11.8 Å². The van der Waals surface area contributed by atoms with E-state index in [0.29, 0.717) is 11.8 Å². The number of aryl methyl sites for hydroxylation is 1. The minimum Gasteiger partial charge on any atom is -0.378 e. The Kier molecular flexibility index (Phi) is 4.03. The highest BCUT2D eigenvalue weighted by Gasteiger charge is 2.47. The summed E-state index contributed by atoms with van der Waals surface area (Å²) >= 11 is 0. The highest BCUT2D eigenvalue weighted by Crippen LogP contribution is 2.49. The molecule has 3 nitrogen and oxygen atoms in total. The van der Waals surface area contributed by atoms with Gasteiger partial charge in [-0.2, -0.15) is 0 Å². The smallest absolute Gasteiger partial charge is 0.224 e. The molecule has 1 N–H and O–H groups in total. The summed E-state index contributed by atoms with van der Waals surface area (Å²) in [6, 6.07) is 17.3. The minimum atomic E-state index is 0.158. The molecule has 3 heteroatoms. The van der Waals surface area contributed by atoms with Gasteiger partial charge in [-0.1, -0.05) is 43.3 Å². The molecule has 0 spiro atoms. The molecule has 130 valence electrons. The lowest BCUT2D eigenvalue weighted by Crippen LogP contribution is -2.51. The summed E-state index contributed by atoms with van der Waals surface area (Å²) in [5, 5.41) is 3.79. The number of nitrogens with one attached hydrogen (secondary N) is 1. The second-order valence-corrected chi connectivity index (χ2v) is 7.57. The van der Waals surface area contributed by atoms with Crippen LogP contribution >= 0.6 is 0 Å². The van der Waals surface area contributed by atoms with Gasteiger partial charge in [0.15, 0.2) is 0 Å². The molecule has 4 rings (SSSR count). The third-order valence-electron chi connectivity index (χ3n) is 5.79. The molecule has 1 amide bonds. The molecule has 3 atom stereocenters. The SMILES string of the molecule is CC(=O)N1c2ccccc2C(Nc2ccccc2C)[C@@H](C)[C@@H]1C1CC1. The van der Waals surface area contributed by atoms with Crippen LogP contribution in [0.15, 0.2) is 48.5 Å². The first-order valence-corrected chi connectivity index (χ1v) is 9.29. The number of para-hydroxylation sites is 2. The van der Waals surface area contributed by atoms with Crippen molar-refractivity contribution in [2.75, 3.05) is 10.2 Å². The maximum Gasteiger partial charge on any atom is 0.224 e. The van der Waals surface area contributed by atoms with E-state index in [2.05, 4.69) is 66.5 Å². The summed E-state index contributed by atoms with van der Waals surface area (Å²) in [6.45, 7) is 6.14. The van der Waals surface area contributed by atoms with Crippen LogP contribution in [-0.4, -0.2) is 11.9 Å². The fraction of sp³-hybridized carbons (Fsp3) is 0.409. The third kappa shape index (κ3) is 2.82. The van der Waals surface area contributed by atoms with E-state index in [9.17, 15) is 4.79 Å². The highest BCUT2D eigenvalue weighted by molar-refractivity contribution is 5.94. The van der Waals surface area contributed by atoms with Gasteiger partial charge in [0.1, 0.15) is 0 Å². The van der Waals surface area contributed by atoms with Crippen LogP contribution in [0.4, 0.5) is 11.4 Å². The number of carbonyl (C=O) groups excluding carboxylic acids is 1. The molecular weight excluding hydrogens is 308 g/mol. The molecule has 1 saturated carbocycles. The predicted octanol–water partition coefficient (Wildman–Crippen LogP) is 4.93. The minimum absolute atomic E-state index is 0.158. The number of benzene rings is 2. The maximum atomic E-state index is 12.5. The van der Waals surface area contributed by atoms with Crippen molar-refractivity contribution in [3.05, 3.63) is 59.7 Å². The van der Waals surface area contributed by atoms with E-state index in [4.69, 9.17) is 0 Å². The van der Waals surface area contributed by atoms with Crippen molar-refractivity contribution in [1.29, 1.82) is 0 Å². The second kappa shape index (κ2) is 6.21. The van der Waals surface area contributed by atoms with E-state index >= 15 is 0 Å². The maximum absolute atomic E-state index is 12.5. The summed E-state index contributed by atoms with van der Waals surface area (Å²) in [4.78, 5) is 14.5. The summed E-state index contributed by atoms with van der Waals surface area (Å²) in [5.74, 6) is 1.16. The van der Waals surface area contributed by atoms with Crippen LogP contribution in [0.5, 0.6) is 0 Å². The summed E-state index contributed by atoms with van der Waals surface area (Å²) in [7, 11) is 0. The normalized spacial score (nSPS) is 25.4. The van der Waals surface area contributed by atoms with Gasteiger partial charge in [0.05, 0.1) is 6.04 Å². The number of hydrogen-bond donors (Lipinski definition) is 1. The molecule has 1 aliphatic carbocycles. The Morgan fingerprint density at radius 2 is 1.76 bits per heavy atom. The predicted molar refractivity (Wildman–Crippen MR) is 103 cm³/mol. The van der Waals surface area contributed by atoms with Gasteiger partial charge in [-0.25, -0.2) is 0 Å². The number of hydrogen-bond acceptors (Lipinski definition) is 2. The van der Waals surface area contributed by atoms with Gasteiger partial charge in [-0.15, -0.1) is 0 Å². The monoisotopic (exact) mass is 334 g/mol. The van der Waals surface area contributed by atoms with Gasteiger partial charge in [-0.05, 0) is 48.9 Å². The van der Waals surface area contributed by atoms with Crippen LogP contribution in [-0.2, 0) is 4.79 Å². The Bertz CT molecular complexity index is 796. The van der Waals surface area contributed by atoms with E-state index in [1.165, 1.54) is 29.7 Å². The largest absolute Gasteiger partial charge is 0.378 e. The molecule has 1 aliphatic heterocycles. The van der Waals surface area contributed by atoms with E-state index in [1.807, 2.05) is 6.07 Å². The summed E-state index contributed by atoms with van der Waals surface area (Å²) in [5.41, 5.74) is 4.74. The molecular formula is C22H26N2O. The van der Waals surface area contributed by atoms with E-state index in [1.54, 1.807) is 6.92 Å². The van der Waals surface area contributed by atoms with E-state index in [0.717, 1.165) is 5.69 Å². The Morgan fingerprint density at radius 1 is 1.08 bits per heavy atom. The van der Waals surface area contributed by atoms with Crippen molar-refractivity contribution >= 4 is 17.3 Å². The van der Waals surface area contributed by atoms with Crippen LogP contribution in [0.2, 0.25) is 0 Å². The lowest BCUT2D eigenvalue weighted by Gasteiger charge is -2.46. The van der Waals surface area contributed by atoms with Crippen molar-refractivity contribution in [2.45, 2.75) is 45.7 Å². The van der Waals surface area contributed by atoms with Gasteiger partial charge in [0, 0.05) is 30.3 Å². The van der Waals surface area contributed by atoms with Gasteiger partial charge in [-0.3, -0.25) is 4.79 Å². The fourth-order valence-electron chi connectivity index (χ4n) is 4.42. The molecule has 0 saturated heterocycles. The highest BCUT2D eigenvalue weighted by atomic mass is 16.2. The molecule has 0 bridgehead atoms. The zero-order valence-electron chi connectivity index (χ0n) is 15.2. The Hall–Kier alpha value is -2.29. The Balaban J connectivity index is 1.79. The molecule has 1 unspecified atom stereocenters. The average Bonchev–Trinajstić information content (AvgIpc) is 3.43.